The minimum absolute atomic E-state index is 0.0513. The second-order valence-corrected chi connectivity index (χ2v) is 8.43. The lowest BCUT2D eigenvalue weighted by Crippen LogP contribution is -2.12. The van der Waals surface area contributed by atoms with Crippen LogP contribution >= 0.6 is 22.7 Å². The lowest BCUT2D eigenvalue weighted by molar-refractivity contribution is -0.116. The predicted molar refractivity (Wildman–Crippen MR) is 108 cm³/mol. The molecule has 3 heterocycles. The van der Waals surface area contributed by atoms with E-state index in [-0.39, 0.29) is 5.91 Å². The van der Waals surface area contributed by atoms with E-state index in [1.54, 1.807) is 11.3 Å². The summed E-state index contributed by atoms with van der Waals surface area (Å²) in [6.45, 7) is 4.19. The molecule has 0 radical (unpaired) electrons. The maximum Gasteiger partial charge on any atom is 0.226 e. The number of hydrogen-bond donors (Lipinski definition) is 2. The molecule has 7 heteroatoms. The van der Waals surface area contributed by atoms with Crippen molar-refractivity contribution in [3.05, 3.63) is 51.3 Å². The number of nitrogens with one attached hydrogen (secondary N) is 2. The van der Waals surface area contributed by atoms with Crippen LogP contribution in [0.1, 0.15) is 22.0 Å². The highest BCUT2D eigenvalue weighted by molar-refractivity contribution is 7.14. The van der Waals surface area contributed by atoms with E-state index >= 15 is 0 Å². The van der Waals surface area contributed by atoms with Crippen LogP contribution in [0.3, 0.4) is 0 Å². The van der Waals surface area contributed by atoms with E-state index in [9.17, 15) is 4.79 Å². The maximum atomic E-state index is 12.2. The van der Waals surface area contributed by atoms with Crippen LogP contribution in [0, 0.1) is 13.8 Å². The Hall–Kier alpha value is -2.51. The van der Waals surface area contributed by atoms with E-state index < -0.39 is 0 Å². The molecule has 0 aliphatic carbocycles. The molecule has 26 heavy (non-hydrogen) atoms. The minimum atomic E-state index is -0.0513. The molecule has 132 valence electrons. The van der Waals surface area contributed by atoms with Crippen molar-refractivity contribution in [2.75, 3.05) is 5.32 Å². The Kier molecular flexibility index (Phi) is 4.57. The first-order valence-electron chi connectivity index (χ1n) is 8.35. The van der Waals surface area contributed by atoms with Crippen molar-refractivity contribution in [2.45, 2.75) is 26.7 Å². The number of carbonyl (C=O) groups excluding carboxylic acids is 1. The van der Waals surface area contributed by atoms with Crippen LogP contribution in [0.2, 0.25) is 0 Å². The highest BCUT2D eigenvalue weighted by Crippen LogP contribution is 2.32. The Labute approximate surface area is 159 Å². The van der Waals surface area contributed by atoms with Crippen molar-refractivity contribution < 1.29 is 4.79 Å². The number of imidazole rings is 1. The first kappa shape index (κ1) is 16.9. The smallest absolute Gasteiger partial charge is 0.226 e. The number of thiophene rings is 1. The molecule has 0 saturated carbocycles. The molecule has 1 aromatic carbocycles. The van der Waals surface area contributed by atoms with E-state index in [2.05, 4.69) is 40.2 Å². The molecule has 0 fully saturated rings. The van der Waals surface area contributed by atoms with Gasteiger partial charge in [-0.1, -0.05) is 12.1 Å². The standard InChI is InChI=1S/C19H18N4OS2/c1-11-9-13(12(2)26-11)16-10-25-19(22-16)23-18(24)8-7-17-20-14-5-3-4-6-15(14)21-17/h3-6,9-10H,7-8H2,1-2H3,(H,20,21)(H,22,23,24). The number of aromatic nitrogens is 3. The maximum absolute atomic E-state index is 12.2. The topological polar surface area (TPSA) is 70.7 Å². The van der Waals surface area contributed by atoms with Crippen LogP contribution < -0.4 is 5.32 Å². The third-order valence-corrected chi connectivity index (χ3v) is 5.82. The molecule has 4 aromatic rings. The van der Waals surface area contributed by atoms with E-state index in [0.717, 1.165) is 28.1 Å². The van der Waals surface area contributed by atoms with Crippen molar-refractivity contribution in [1.82, 2.24) is 15.0 Å². The van der Waals surface area contributed by atoms with E-state index in [1.165, 1.54) is 21.1 Å². The Bertz CT molecular complexity index is 1040. The molecular formula is C19H18N4OS2. The molecule has 3 aromatic heterocycles. The van der Waals surface area contributed by atoms with Gasteiger partial charge in [-0.3, -0.25) is 4.79 Å². The van der Waals surface area contributed by atoms with Gasteiger partial charge in [0.05, 0.1) is 16.7 Å². The van der Waals surface area contributed by atoms with Gasteiger partial charge in [0.15, 0.2) is 5.13 Å². The normalized spacial score (nSPS) is 11.2. The molecule has 2 N–H and O–H groups in total. The molecule has 0 spiro atoms. The number of para-hydroxylation sites is 2. The van der Waals surface area contributed by atoms with E-state index in [0.29, 0.717) is 18.0 Å². The van der Waals surface area contributed by atoms with Crippen molar-refractivity contribution >= 4 is 44.7 Å². The Morgan fingerprint density at radius 1 is 1.23 bits per heavy atom. The number of anilines is 1. The minimum Gasteiger partial charge on any atom is -0.342 e. The number of amides is 1. The first-order chi connectivity index (χ1) is 12.6. The summed E-state index contributed by atoms with van der Waals surface area (Å²) in [6.07, 6.45) is 0.937. The molecular weight excluding hydrogens is 364 g/mol. The summed E-state index contributed by atoms with van der Waals surface area (Å²) in [4.78, 5) is 27.0. The van der Waals surface area contributed by atoms with Crippen LogP contribution in [0.4, 0.5) is 5.13 Å². The number of thiazole rings is 1. The predicted octanol–water partition coefficient (Wildman–Crippen LogP) is 4.94. The molecule has 0 aliphatic rings. The second-order valence-electron chi connectivity index (χ2n) is 6.11. The summed E-state index contributed by atoms with van der Waals surface area (Å²) >= 11 is 3.22. The van der Waals surface area contributed by atoms with Crippen LogP contribution in [0.5, 0.6) is 0 Å². The third kappa shape index (κ3) is 3.54. The second kappa shape index (κ2) is 7.01. The summed E-state index contributed by atoms with van der Waals surface area (Å²) < 4.78 is 0. The van der Waals surface area contributed by atoms with Gasteiger partial charge < -0.3 is 10.3 Å². The van der Waals surface area contributed by atoms with Crippen LogP contribution in [0.25, 0.3) is 22.3 Å². The van der Waals surface area contributed by atoms with Crippen LogP contribution in [0.15, 0.2) is 35.7 Å². The van der Waals surface area contributed by atoms with E-state index in [1.807, 2.05) is 29.6 Å². The zero-order valence-electron chi connectivity index (χ0n) is 14.5. The van der Waals surface area contributed by atoms with Gasteiger partial charge in [0, 0.05) is 33.5 Å². The number of aryl methyl sites for hydroxylation is 3. The number of nitrogens with zero attached hydrogens (tertiary/aromatic N) is 2. The average molecular weight is 383 g/mol. The lowest BCUT2D eigenvalue weighted by atomic mass is 10.2. The van der Waals surface area contributed by atoms with Gasteiger partial charge >= 0.3 is 0 Å². The van der Waals surface area contributed by atoms with Crippen molar-refractivity contribution in [1.29, 1.82) is 0 Å². The van der Waals surface area contributed by atoms with Gasteiger partial charge in [0.1, 0.15) is 5.82 Å². The molecule has 0 unspecified atom stereocenters. The summed E-state index contributed by atoms with van der Waals surface area (Å²) in [5, 5.41) is 5.52. The SMILES string of the molecule is Cc1cc(-c2csc(NC(=O)CCc3nc4ccccc4[nH]3)n2)c(C)s1. The Morgan fingerprint density at radius 2 is 2.08 bits per heavy atom. The van der Waals surface area contributed by atoms with Gasteiger partial charge in [-0.05, 0) is 32.0 Å². The summed E-state index contributed by atoms with van der Waals surface area (Å²) in [7, 11) is 0. The highest BCUT2D eigenvalue weighted by atomic mass is 32.1. The van der Waals surface area contributed by atoms with Crippen molar-refractivity contribution in [3.63, 3.8) is 0 Å². The number of hydrogen-bond acceptors (Lipinski definition) is 5. The molecule has 0 atom stereocenters. The zero-order valence-corrected chi connectivity index (χ0v) is 16.1. The quantitative estimate of drug-likeness (QED) is 0.514. The lowest BCUT2D eigenvalue weighted by Gasteiger charge is -2.00. The molecule has 0 bridgehead atoms. The van der Waals surface area contributed by atoms with Gasteiger partial charge in [0.25, 0.3) is 0 Å². The van der Waals surface area contributed by atoms with E-state index in [4.69, 9.17) is 0 Å². The van der Waals surface area contributed by atoms with Gasteiger partial charge in [-0.25, -0.2) is 9.97 Å². The first-order valence-corrected chi connectivity index (χ1v) is 10.0. The molecule has 1 amide bonds. The fourth-order valence-corrected chi connectivity index (χ4v) is 4.54. The average Bonchev–Trinajstić information content (AvgIpc) is 3.31. The van der Waals surface area contributed by atoms with Crippen LogP contribution in [-0.4, -0.2) is 20.9 Å². The number of H-pyrrole nitrogens is 1. The fraction of sp³-hybridized carbons (Fsp3) is 0.211. The summed E-state index contributed by atoms with van der Waals surface area (Å²) in [5.41, 5.74) is 3.98. The Balaban J connectivity index is 1.38. The monoisotopic (exact) mass is 382 g/mol. The van der Waals surface area contributed by atoms with Crippen molar-refractivity contribution in [2.24, 2.45) is 0 Å². The zero-order chi connectivity index (χ0) is 18.1. The number of carbonyl (C=O) groups is 1. The summed E-state index contributed by atoms with van der Waals surface area (Å²) in [5.74, 6) is 0.773. The number of benzene rings is 1. The fourth-order valence-electron chi connectivity index (χ4n) is 2.88. The number of rotatable bonds is 5. The van der Waals surface area contributed by atoms with Gasteiger partial charge in [-0.15, -0.1) is 22.7 Å². The highest BCUT2D eigenvalue weighted by Gasteiger charge is 2.12. The van der Waals surface area contributed by atoms with Crippen molar-refractivity contribution in [3.8, 4) is 11.3 Å². The van der Waals surface area contributed by atoms with Gasteiger partial charge in [-0.2, -0.15) is 0 Å². The number of aromatic amines is 1. The van der Waals surface area contributed by atoms with Crippen LogP contribution in [-0.2, 0) is 11.2 Å². The number of fused-ring (bicyclic) bond motifs is 1. The molecule has 0 saturated heterocycles. The molecule has 4 rings (SSSR count). The Morgan fingerprint density at radius 3 is 2.85 bits per heavy atom. The molecule has 5 nitrogen and oxygen atoms in total. The van der Waals surface area contributed by atoms with Gasteiger partial charge in [0.2, 0.25) is 5.91 Å². The summed E-state index contributed by atoms with van der Waals surface area (Å²) in [6, 6.07) is 10.0. The molecule has 0 aliphatic heterocycles. The third-order valence-electron chi connectivity index (χ3n) is 4.09. The largest absolute Gasteiger partial charge is 0.342 e.